The number of fused-ring (bicyclic) bond motifs is 1. The number of anilines is 1. The van der Waals surface area contributed by atoms with Crippen molar-refractivity contribution >= 4 is 17.6 Å². The lowest BCUT2D eigenvalue weighted by atomic mass is 9.76. The van der Waals surface area contributed by atoms with Crippen molar-refractivity contribution in [3.05, 3.63) is 17.5 Å². The van der Waals surface area contributed by atoms with Crippen LogP contribution in [0.25, 0.3) is 0 Å². The van der Waals surface area contributed by atoms with Crippen molar-refractivity contribution in [1.29, 1.82) is 0 Å². The van der Waals surface area contributed by atoms with Gasteiger partial charge >= 0.3 is 0 Å². The number of amides is 1. The van der Waals surface area contributed by atoms with Crippen molar-refractivity contribution in [2.45, 2.75) is 52.9 Å². The summed E-state index contributed by atoms with van der Waals surface area (Å²) in [6.45, 7) is 6.35. The molecule has 0 radical (unpaired) electrons. The summed E-state index contributed by atoms with van der Waals surface area (Å²) >= 11 is 0. The van der Waals surface area contributed by atoms with E-state index >= 15 is 0 Å². The molecule has 0 spiro atoms. The average Bonchev–Trinajstić information content (AvgIpc) is 3.30. The van der Waals surface area contributed by atoms with Crippen molar-refractivity contribution in [1.82, 2.24) is 9.97 Å². The molecule has 0 unspecified atom stereocenters. The molecule has 1 N–H and O–H groups in total. The van der Waals surface area contributed by atoms with Gasteiger partial charge in [-0.3, -0.25) is 14.9 Å². The molecule has 0 aromatic carbocycles. The van der Waals surface area contributed by atoms with Crippen molar-refractivity contribution < 1.29 is 9.59 Å². The molecule has 2 atom stereocenters. The molecule has 1 aromatic rings. The Morgan fingerprint density at radius 1 is 1.26 bits per heavy atom. The van der Waals surface area contributed by atoms with Crippen LogP contribution in [0, 0.1) is 22.7 Å². The Morgan fingerprint density at radius 2 is 2.00 bits per heavy atom. The monoisotopic (exact) mass is 313 g/mol. The van der Waals surface area contributed by atoms with Gasteiger partial charge in [-0.2, -0.15) is 0 Å². The van der Waals surface area contributed by atoms with E-state index in [2.05, 4.69) is 36.1 Å². The third-order valence-corrected chi connectivity index (χ3v) is 5.79. The van der Waals surface area contributed by atoms with Crippen molar-refractivity contribution in [3.8, 4) is 0 Å². The lowest BCUT2D eigenvalue weighted by molar-refractivity contribution is -0.118. The molecule has 0 saturated heterocycles. The van der Waals surface area contributed by atoms with Gasteiger partial charge in [0.05, 0.1) is 11.3 Å². The van der Waals surface area contributed by atoms with Gasteiger partial charge < -0.3 is 0 Å². The maximum absolute atomic E-state index is 12.4. The molecule has 3 aliphatic rings. The zero-order valence-electron chi connectivity index (χ0n) is 14.0. The molecule has 1 heterocycles. The van der Waals surface area contributed by atoms with E-state index in [0.717, 1.165) is 24.5 Å². The minimum Gasteiger partial charge on any atom is -0.294 e. The van der Waals surface area contributed by atoms with E-state index in [1.165, 1.54) is 12.8 Å². The van der Waals surface area contributed by atoms with Crippen LogP contribution in [-0.2, 0) is 11.2 Å². The molecule has 23 heavy (non-hydrogen) atoms. The van der Waals surface area contributed by atoms with E-state index in [1.54, 1.807) is 6.20 Å². The minimum absolute atomic E-state index is 0.0285. The van der Waals surface area contributed by atoms with E-state index < -0.39 is 0 Å². The highest BCUT2D eigenvalue weighted by Crippen LogP contribution is 2.65. The fourth-order valence-electron chi connectivity index (χ4n) is 4.06. The summed E-state index contributed by atoms with van der Waals surface area (Å²) in [5.74, 6) is 1.27. The Hall–Kier alpha value is -1.78. The number of nitrogens with zero attached hydrogens (tertiary/aromatic N) is 2. The number of hydrogen-bond acceptors (Lipinski definition) is 4. The van der Waals surface area contributed by atoms with E-state index in [0.29, 0.717) is 17.9 Å². The molecule has 3 aliphatic carbocycles. The lowest BCUT2D eigenvalue weighted by Gasteiger charge is -2.29. The van der Waals surface area contributed by atoms with Gasteiger partial charge in [0.25, 0.3) is 0 Å². The van der Waals surface area contributed by atoms with Crippen LogP contribution in [0.2, 0.25) is 0 Å². The Kier molecular flexibility index (Phi) is 2.97. The first-order chi connectivity index (χ1) is 10.8. The molecule has 0 bridgehead atoms. The molecule has 5 nitrogen and oxygen atoms in total. The van der Waals surface area contributed by atoms with Crippen LogP contribution in [0.1, 0.15) is 62.5 Å². The Labute approximate surface area is 136 Å². The molecular weight excluding hydrogens is 290 g/mol. The molecule has 2 fully saturated rings. The SMILES string of the molecule is CC1(C)CC(=O)c2cnc(NC(=O)[C@H]3C[C@]3(C)C3CC3)nc2C1. The fraction of sp³-hybridized carbons (Fsp3) is 0.667. The third kappa shape index (κ3) is 2.56. The molecule has 1 amide bonds. The lowest BCUT2D eigenvalue weighted by Crippen LogP contribution is -2.29. The summed E-state index contributed by atoms with van der Waals surface area (Å²) in [4.78, 5) is 33.2. The Morgan fingerprint density at radius 3 is 2.70 bits per heavy atom. The first kappa shape index (κ1) is 14.8. The molecule has 5 heteroatoms. The van der Waals surface area contributed by atoms with Gasteiger partial charge in [0.15, 0.2) is 5.78 Å². The van der Waals surface area contributed by atoms with Crippen LogP contribution in [0.15, 0.2) is 6.20 Å². The first-order valence-electron chi connectivity index (χ1n) is 8.48. The van der Waals surface area contributed by atoms with Crippen molar-refractivity contribution in [3.63, 3.8) is 0 Å². The highest BCUT2D eigenvalue weighted by molar-refractivity contribution is 5.99. The van der Waals surface area contributed by atoms with Gasteiger partial charge in [-0.25, -0.2) is 9.97 Å². The van der Waals surface area contributed by atoms with E-state index in [-0.39, 0.29) is 28.4 Å². The van der Waals surface area contributed by atoms with Crippen LogP contribution in [-0.4, -0.2) is 21.7 Å². The summed E-state index contributed by atoms with van der Waals surface area (Å²) in [6.07, 6.45) is 6.32. The second kappa shape index (κ2) is 4.62. The fourth-order valence-corrected chi connectivity index (χ4v) is 4.06. The minimum atomic E-state index is -0.0826. The van der Waals surface area contributed by atoms with Gasteiger partial charge in [0.2, 0.25) is 11.9 Å². The largest absolute Gasteiger partial charge is 0.294 e. The standard InChI is InChI=1S/C18H23N3O2/c1-17(2)7-13-11(14(22)8-17)9-19-16(20-13)21-15(23)12-6-18(12,3)10-4-5-10/h9-10,12H,4-8H2,1-3H3,(H,19,20,21,23)/t12-,18-/m1/s1. The zero-order valence-corrected chi connectivity index (χ0v) is 14.0. The topological polar surface area (TPSA) is 72.0 Å². The van der Waals surface area contributed by atoms with Crippen LogP contribution in [0.3, 0.4) is 0 Å². The number of ketones is 1. The predicted molar refractivity (Wildman–Crippen MR) is 86.0 cm³/mol. The van der Waals surface area contributed by atoms with Gasteiger partial charge in [-0.1, -0.05) is 20.8 Å². The number of nitrogens with one attached hydrogen (secondary N) is 1. The third-order valence-electron chi connectivity index (χ3n) is 5.79. The van der Waals surface area contributed by atoms with Crippen molar-refractivity contribution in [2.24, 2.45) is 22.7 Å². The molecule has 4 rings (SSSR count). The van der Waals surface area contributed by atoms with E-state index in [9.17, 15) is 9.59 Å². The average molecular weight is 313 g/mol. The van der Waals surface area contributed by atoms with E-state index in [1.807, 2.05) is 0 Å². The highest BCUT2D eigenvalue weighted by Gasteiger charge is 2.61. The number of carbonyl (C=O) groups is 2. The van der Waals surface area contributed by atoms with Crippen LogP contribution >= 0.6 is 0 Å². The number of aromatic nitrogens is 2. The van der Waals surface area contributed by atoms with Crippen LogP contribution < -0.4 is 5.32 Å². The van der Waals surface area contributed by atoms with Gasteiger partial charge in [0, 0.05) is 18.5 Å². The van der Waals surface area contributed by atoms with Gasteiger partial charge in [-0.05, 0) is 42.4 Å². The normalized spacial score (nSPS) is 31.4. The quantitative estimate of drug-likeness (QED) is 0.931. The maximum atomic E-state index is 12.4. The van der Waals surface area contributed by atoms with E-state index in [4.69, 9.17) is 0 Å². The zero-order chi connectivity index (χ0) is 16.4. The van der Waals surface area contributed by atoms with Gasteiger partial charge in [-0.15, -0.1) is 0 Å². The number of carbonyl (C=O) groups excluding carboxylic acids is 2. The van der Waals surface area contributed by atoms with Crippen LogP contribution in [0.5, 0.6) is 0 Å². The van der Waals surface area contributed by atoms with Gasteiger partial charge in [0.1, 0.15) is 0 Å². The summed E-state index contributed by atoms with van der Waals surface area (Å²) in [5.41, 5.74) is 1.48. The summed E-state index contributed by atoms with van der Waals surface area (Å²) in [6, 6.07) is 0. The second-order valence-electron chi connectivity index (χ2n) is 8.52. The molecular formula is C18H23N3O2. The first-order valence-corrected chi connectivity index (χ1v) is 8.48. The smallest absolute Gasteiger partial charge is 0.230 e. The summed E-state index contributed by atoms with van der Waals surface area (Å²) in [7, 11) is 0. The molecule has 1 aromatic heterocycles. The maximum Gasteiger partial charge on any atom is 0.230 e. The Balaban J connectivity index is 1.50. The molecule has 0 aliphatic heterocycles. The summed E-state index contributed by atoms with van der Waals surface area (Å²) in [5, 5.41) is 2.86. The molecule has 122 valence electrons. The molecule has 2 saturated carbocycles. The number of Topliss-reactive ketones (excluding diaryl/α,β-unsaturated/α-hetero) is 1. The highest BCUT2D eigenvalue weighted by atomic mass is 16.2. The second-order valence-corrected chi connectivity index (χ2v) is 8.52. The summed E-state index contributed by atoms with van der Waals surface area (Å²) < 4.78 is 0. The number of hydrogen-bond donors (Lipinski definition) is 1. The van der Waals surface area contributed by atoms with Crippen LogP contribution in [0.4, 0.5) is 5.95 Å². The van der Waals surface area contributed by atoms with Crippen molar-refractivity contribution in [2.75, 3.05) is 5.32 Å². The Bertz CT molecular complexity index is 708. The predicted octanol–water partition coefficient (Wildman–Crippen LogP) is 3.01. The number of rotatable bonds is 3.